The molecule has 0 aliphatic heterocycles. The van der Waals surface area contributed by atoms with E-state index in [0.29, 0.717) is 53.0 Å². The molecule has 162 valence electrons. The molecule has 2 aromatic heterocycles. The van der Waals surface area contributed by atoms with Crippen molar-refractivity contribution in [3.8, 4) is 5.75 Å². The Hall–Kier alpha value is -2.33. The highest BCUT2D eigenvalue weighted by molar-refractivity contribution is 6.35. The lowest BCUT2D eigenvalue weighted by atomic mass is 10.3. The van der Waals surface area contributed by atoms with Crippen molar-refractivity contribution < 1.29 is 9.84 Å². The van der Waals surface area contributed by atoms with Crippen molar-refractivity contribution in [2.45, 2.75) is 19.1 Å². The number of nitrogens with zero attached hydrogens (tertiary/aromatic N) is 4. The Morgan fingerprint density at radius 3 is 2.73 bits per heavy atom. The Morgan fingerprint density at radius 2 is 2.00 bits per heavy atom. The van der Waals surface area contributed by atoms with Crippen molar-refractivity contribution in [3.63, 3.8) is 0 Å². The van der Waals surface area contributed by atoms with E-state index in [-0.39, 0.29) is 12.2 Å². The minimum atomic E-state index is -0.715. The Labute approximate surface area is 182 Å². The summed E-state index contributed by atoms with van der Waals surface area (Å²) in [6, 6.07) is 4.90. The maximum absolute atomic E-state index is 12.4. The van der Waals surface area contributed by atoms with Crippen LogP contribution in [-0.2, 0) is 20.6 Å². The fraction of sp³-hybridized carbons (Fsp3) is 0.421. The summed E-state index contributed by atoms with van der Waals surface area (Å²) in [5.41, 5.74) is -0.0140. The Kier molecular flexibility index (Phi) is 7.19. The number of aliphatic hydroxyl groups excluding tert-OH is 1. The van der Waals surface area contributed by atoms with Gasteiger partial charge in [0.05, 0.1) is 11.3 Å². The third-order valence-corrected chi connectivity index (χ3v) is 5.21. The number of hydrogen-bond donors (Lipinski definition) is 2. The summed E-state index contributed by atoms with van der Waals surface area (Å²) >= 11 is 11.9. The number of halogens is 2. The maximum Gasteiger partial charge on any atom is 0.332 e. The normalized spacial score (nSPS) is 12.4. The second-order valence-corrected chi connectivity index (χ2v) is 7.76. The third-order valence-electron chi connectivity index (χ3n) is 4.67. The zero-order valence-electron chi connectivity index (χ0n) is 16.6. The average molecular weight is 456 g/mol. The topological polar surface area (TPSA) is 103 Å². The molecule has 30 heavy (non-hydrogen) atoms. The summed E-state index contributed by atoms with van der Waals surface area (Å²) < 4.78 is 9.67. The number of benzene rings is 1. The summed E-state index contributed by atoms with van der Waals surface area (Å²) in [5.74, 6) is 0.461. The second-order valence-electron chi connectivity index (χ2n) is 6.91. The van der Waals surface area contributed by atoms with Gasteiger partial charge >= 0.3 is 5.69 Å². The van der Waals surface area contributed by atoms with E-state index in [1.807, 2.05) is 0 Å². The molecular formula is C19H23Cl2N5O4. The van der Waals surface area contributed by atoms with Gasteiger partial charge in [0, 0.05) is 32.2 Å². The lowest BCUT2D eigenvalue weighted by Crippen LogP contribution is -2.37. The number of hydrogen-bond acceptors (Lipinski definition) is 6. The first kappa shape index (κ1) is 22.4. The monoisotopic (exact) mass is 455 g/mol. The predicted molar refractivity (Wildman–Crippen MR) is 116 cm³/mol. The summed E-state index contributed by atoms with van der Waals surface area (Å²) in [7, 11) is 3.04. The van der Waals surface area contributed by atoms with Gasteiger partial charge in [-0.3, -0.25) is 13.9 Å². The molecule has 1 unspecified atom stereocenters. The van der Waals surface area contributed by atoms with Crippen LogP contribution in [0.15, 0.2) is 34.1 Å². The van der Waals surface area contributed by atoms with E-state index in [0.717, 1.165) is 4.57 Å². The Bertz CT molecular complexity index is 1150. The van der Waals surface area contributed by atoms with Crippen molar-refractivity contribution in [1.82, 2.24) is 24.0 Å². The molecule has 2 N–H and O–H groups in total. The summed E-state index contributed by atoms with van der Waals surface area (Å²) in [6.45, 7) is 1.59. The van der Waals surface area contributed by atoms with Crippen molar-refractivity contribution >= 4 is 34.4 Å². The molecule has 0 spiro atoms. The van der Waals surface area contributed by atoms with Gasteiger partial charge in [-0.15, -0.1) is 0 Å². The molecule has 0 aliphatic rings. The summed E-state index contributed by atoms with van der Waals surface area (Å²) in [6.07, 6.45) is 1.55. The molecule has 0 amide bonds. The molecule has 0 saturated heterocycles. The van der Waals surface area contributed by atoms with E-state index >= 15 is 0 Å². The first-order valence-electron chi connectivity index (χ1n) is 9.37. The number of aromatic nitrogens is 4. The van der Waals surface area contributed by atoms with Crippen molar-refractivity contribution in [2.75, 3.05) is 19.7 Å². The lowest BCUT2D eigenvalue weighted by Gasteiger charge is -2.14. The first-order valence-corrected chi connectivity index (χ1v) is 10.1. The molecule has 0 bridgehead atoms. The number of fused-ring (bicyclic) bond motifs is 1. The van der Waals surface area contributed by atoms with E-state index in [2.05, 4.69) is 10.3 Å². The van der Waals surface area contributed by atoms with Crippen LogP contribution in [0, 0.1) is 0 Å². The van der Waals surface area contributed by atoms with E-state index in [1.165, 1.54) is 11.6 Å². The summed E-state index contributed by atoms with van der Waals surface area (Å²) in [4.78, 5) is 28.6. The molecule has 3 rings (SSSR count). The minimum absolute atomic E-state index is 0.0879. The van der Waals surface area contributed by atoms with Crippen LogP contribution in [0.1, 0.15) is 6.42 Å². The van der Waals surface area contributed by atoms with Crippen LogP contribution in [0.5, 0.6) is 5.75 Å². The van der Waals surface area contributed by atoms with Crippen molar-refractivity contribution in [1.29, 1.82) is 0 Å². The predicted octanol–water partition coefficient (Wildman–Crippen LogP) is 1.16. The standard InChI is InChI=1S/C19H23Cl2N5O4/c1-24-17-16(18(28)25(2)19(24)29)26(11-23-17)7-3-6-22-9-13(27)10-30-15-5-4-12(20)8-14(15)21/h4-5,8,11,13,22,27H,3,6-7,9-10H2,1-2H3. The molecule has 2 heterocycles. The fourth-order valence-corrected chi connectivity index (χ4v) is 3.51. The highest BCUT2D eigenvalue weighted by Gasteiger charge is 2.14. The van der Waals surface area contributed by atoms with E-state index in [4.69, 9.17) is 27.9 Å². The van der Waals surface area contributed by atoms with Gasteiger partial charge in [-0.25, -0.2) is 9.78 Å². The smallest absolute Gasteiger partial charge is 0.332 e. The van der Waals surface area contributed by atoms with Gasteiger partial charge in [-0.2, -0.15) is 0 Å². The highest BCUT2D eigenvalue weighted by atomic mass is 35.5. The van der Waals surface area contributed by atoms with Gasteiger partial charge in [-0.05, 0) is 31.2 Å². The second kappa shape index (κ2) is 9.65. The van der Waals surface area contributed by atoms with Gasteiger partial charge in [-0.1, -0.05) is 23.2 Å². The van der Waals surface area contributed by atoms with Crippen molar-refractivity contribution in [3.05, 3.63) is 55.4 Å². The lowest BCUT2D eigenvalue weighted by molar-refractivity contribution is 0.106. The third kappa shape index (κ3) is 4.86. The number of rotatable bonds is 9. The van der Waals surface area contributed by atoms with Crippen LogP contribution in [0.3, 0.4) is 0 Å². The largest absolute Gasteiger partial charge is 0.489 e. The SMILES string of the molecule is Cn1c(=O)c2c(ncn2CCCNCC(O)COc2ccc(Cl)cc2Cl)n(C)c1=O. The molecule has 1 aromatic carbocycles. The Balaban J connectivity index is 1.46. The molecule has 0 saturated carbocycles. The zero-order valence-corrected chi connectivity index (χ0v) is 18.2. The van der Waals surface area contributed by atoms with Crippen LogP contribution in [0.25, 0.3) is 11.2 Å². The van der Waals surface area contributed by atoms with Crippen molar-refractivity contribution in [2.24, 2.45) is 14.1 Å². The average Bonchev–Trinajstić information content (AvgIpc) is 3.14. The molecule has 3 aromatic rings. The molecule has 0 radical (unpaired) electrons. The number of aryl methyl sites for hydroxylation is 2. The minimum Gasteiger partial charge on any atom is -0.489 e. The van der Waals surface area contributed by atoms with Crippen LogP contribution in [0.4, 0.5) is 0 Å². The van der Waals surface area contributed by atoms with E-state index < -0.39 is 11.8 Å². The number of ether oxygens (including phenoxy) is 1. The Morgan fingerprint density at radius 1 is 1.23 bits per heavy atom. The number of aliphatic hydroxyl groups is 1. The molecule has 0 fully saturated rings. The maximum atomic E-state index is 12.4. The quantitative estimate of drug-likeness (QED) is 0.469. The van der Waals surface area contributed by atoms with Crippen LogP contribution in [-0.4, -0.2) is 49.6 Å². The molecular weight excluding hydrogens is 433 g/mol. The van der Waals surface area contributed by atoms with Crippen LogP contribution < -0.4 is 21.3 Å². The molecule has 9 nitrogen and oxygen atoms in total. The summed E-state index contributed by atoms with van der Waals surface area (Å²) in [5, 5.41) is 14.1. The van der Waals surface area contributed by atoms with Gasteiger partial charge in [0.25, 0.3) is 5.56 Å². The van der Waals surface area contributed by atoms with E-state index in [1.54, 1.807) is 36.1 Å². The van der Waals surface area contributed by atoms with Gasteiger partial charge in [0.15, 0.2) is 11.2 Å². The molecule has 0 aliphatic carbocycles. The number of nitrogens with one attached hydrogen (secondary N) is 1. The number of imidazole rings is 1. The van der Waals surface area contributed by atoms with Gasteiger partial charge < -0.3 is 19.7 Å². The van der Waals surface area contributed by atoms with Gasteiger partial charge in [0.1, 0.15) is 18.5 Å². The van der Waals surface area contributed by atoms with E-state index in [9.17, 15) is 14.7 Å². The first-order chi connectivity index (χ1) is 14.3. The van der Waals surface area contributed by atoms with Crippen LogP contribution >= 0.6 is 23.2 Å². The fourth-order valence-electron chi connectivity index (χ4n) is 3.05. The highest BCUT2D eigenvalue weighted by Crippen LogP contribution is 2.27. The molecule has 1 atom stereocenters. The zero-order chi connectivity index (χ0) is 21.8. The van der Waals surface area contributed by atoms with Crippen LogP contribution in [0.2, 0.25) is 10.0 Å². The molecule has 11 heteroatoms. The van der Waals surface area contributed by atoms with Gasteiger partial charge in [0.2, 0.25) is 0 Å².